The predicted molar refractivity (Wildman–Crippen MR) is 194 cm³/mol. The summed E-state index contributed by atoms with van der Waals surface area (Å²) in [6.45, 7) is 33.1. The Morgan fingerprint density at radius 1 is 0.911 bits per heavy atom. The second kappa shape index (κ2) is 14.8. The third kappa shape index (κ3) is 9.90. The molecule has 5 nitrogen and oxygen atoms in total. The van der Waals surface area contributed by atoms with E-state index in [2.05, 4.69) is 114 Å². The SMILES string of the molecule is CCCC(C)(CC)COC1CC(O[Si](C)(C)C(C)(C)C)C=C2C=CC(C)C(CCC3CC(O[Si](C)(C)C(C)(C)C)CC(=O)O3)C21. The van der Waals surface area contributed by atoms with Crippen molar-refractivity contribution in [3.8, 4) is 0 Å². The molecule has 0 aromatic heterocycles. The molecular formula is C38H70O5Si2. The number of esters is 1. The molecule has 0 saturated carbocycles. The molecule has 0 amide bonds. The van der Waals surface area contributed by atoms with Gasteiger partial charge in [-0.1, -0.05) is 93.9 Å². The number of rotatable bonds is 13. The highest BCUT2D eigenvalue weighted by atomic mass is 28.4. The predicted octanol–water partition coefficient (Wildman–Crippen LogP) is 10.6. The molecule has 0 N–H and O–H groups in total. The molecule has 8 unspecified atom stereocenters. The lowest BCUT2D eigenvalue weighted by Crippen LogP contribution is -2.48. The molecule has 3 aliphatic rings. The number of allylic oxidation sites excluding steroid dienone is 2. The Morgan fingerprint density at radius 2 is 1.53 bits per heavy atom. The molecule has 0 spiro atoms. The Hall–Kier alpha value is -0.736. The standard InChI is InChI=1S/C38H70O5Si2/c1-15-21-38(10,16-2)26-40-33-24-30(42-44(11,12)36(4,5)6)22-28-18-17-27(3)32(35(28)33)20-19-29-23-31(25-34(39)41-29)43-45(13,14)37(7,8)9/h17-18,22,27,29-33,35H,15-16,19-21,23-26H2,1-14H3. The van der Waals surface area contributed by atoms with Crippen molar-refractivity contribution in [2.45, 2.75) is 181 Å². The van der Waals surface area contributed by atoms with Gasteiger partial charge >= 0.3 is 5.97 Å². The first kappa shape index (κ1) is 38.7. The van der Waals surface area contributed by atoms with E-state index in [1.165, 1.54) is 18.4 Å². The Kier molecular flexibility index (Phi) is 12.7. The first-order valence-electron chi connectivity index (χ1n) is 18.2. The molecular weight excluding hydrogens is 593 g/mol. The van der Waals surface area contributed by atoms with Crippen molar-refractivity contribution >= 4 is 22.6 Å². The first-order chi connectivity index (χ1) is 20.6. The van der Waals surface area contributed by atoms with E-state index in [0.717, 1.165) is 38.7 Å². The van der Waals surface area contributed by atoms with E-state index < -0.39 is 16.6 Å². The monoisotopic (exact) mass is 662 g/mol. The van der Waals surface area contributed by atoms with Crippen LogP contribution in [0.2, 0.25) is 36.3 Å². The number of carbonyl (C=O) groups is 1. The maximum atomic E-state index is 12.8. The second-order valence-electron chi connectivity index (χ2n) is 18.1. The number of ether oxygens (including phenoxy) is 2. The van der Waals surface area contributed by atoms with E-state index in [1.807, 2.05) is 0 Å². The molecule has 0 radical (unpaired) electrons. The number of hydrogen-bond acceptors (Lipinski definition) is 5. The number of carbonyl (C=O) groups excluding carboxylic acids is 1. The maximum Gasteiger partial charge on any atom is 0.308 e. The number of fused-ring (bicyclic) bond motifs is 1. The molecule has 2 aliphatic carbocycles. The van der Waals surface area contributed by atoms with Crippen LogP contribution in [0.4, 0.5) is 0 Å². The molecule has 1 saturated heterocycles. The van der Waals surface area contributed by atoms with Gasteiger partial charge in [0.1, 0.15) is 6.10 Å². The Balaban J connectivity index is 1.83. The van der Waals surface area contributed by atoms with Crippen molar-refractivity contribution in [1.29, 1.82) is 0 Å². The summed E-state index contributed by atoms with van der Waals surface area (Å²) in [5, 5.41) is 0.271. The van der Waals surface area contributed by atoms with E-state index in [4.69, 9.17) is 18.3 Å². The summed E-state index contributed by atoms with van der Waals surface area (Å²) >= 11 is 0. The Morgan fingerprint density at radius 3 is 2.11 bits per heavy atom. The van der Waals surface area contributed by atoms with Crippen molar-refractivity contribution in [2.75, 3.05) is 6.61 Å². The smallest absolute Gasteiger partial charge is 0.308 e. The van der Waals surface area contributed by atoms with E-state index in [1.54, 1.807) is 0 Å². The van der Waals surface area contributed by atoms with Crippen LogP contribution in [0.25, 0.3) is 0 Å². The van der Waals surface area contributed by atoms with Crippen molar-refractivity contribution < 1.29 is 23.1 Å². The lowest BCUT2D eigenvalue weighted by molar-refractivity contribution is -0.160. The molecule has 7 heteroatoms. The highest BCUT2D eigenvalue weighted by Gasteiger charge is 2.46. The van der Waals surface area contributed by atoms with Crippen LogP contribution in [0.15, 0.2) is 23.8 Å². The lowest BCUT2D eigenvalue weighted by atomic mass is 9.66. The first-order valence-corrected chi connectivity index (χ1v) is 24.0. The van der Waals surface area contributed by atoms with Gasteiger partial charge in [-0.2, -0.15) is 0 Å². The molecule has 260 valence electrons. The van der Waals surface area contributed by atoms with Crippen LogP contribution in [-0.4, -0.2) is 53.6 Å². The van der Waals surface area contributed by atoms with Gasteiger partial charge in [-0.05, 0) is 84.8 Å². The Labute approximate surface area is 279 Å². The van der Waals surface area contributed by atoms with Crippen molar-refractivity contribution in [2.24, 2.45) is 23.2 Å². The summed E-state index contributed by atoms with van der Waals surface area (Å²) in [6, 6.07) is 0. The molecule has 8 atom stereocenters. The van der Waals surface area contributed by atoms with E-state index in [9.17, 15) is 4.79 Å². The van der Waals surface area contributed by atoms with Gasteiger partial charge in [0.15, 0.2) is 16.6 Å². The fraction of sp³-hybridized carbons (Fsp3) is 0.868. The van der Waals surface area contributed by atoms with Gasteiger partial charge in [0.2, 0.25) is 0 Å². The largest absolute Gasteiger partial charge is 0.462 e. The van der Waals surface area contributed by atoms with Gasteiger partial charge in [-0.15, -0.1) is 0 Å². The average Bonchev–Trinajstić information content (AvgIpc) is 2.89. The minimum atomic E-state index is -1.97. The van der Waals surface area contributed by atoms with E-state index in [-0.39, 0.29) is 45.9 Å². The van der Waals surface area contributed by atoms with E-state index in [0.29, 0.717) is 24.2 Å². The normalized spacial score (nSPS) is 31.2. The Bertz CT molecular complexity index is 1050. The van der Waals surface area contributed by atoms with Crippen LogP contribution in [0.1, 0.15) is 121 Å². The van der Waals surface area contributed by atoms with Gasteiger partial charge in [-0.25, -0.2) is 0 Å². The number of hydrogen-bond donors (Lipinski definition) is 0. The molecule has 0 bridgehead atoms. The fourth-order valence-electron chi connectivity index (χ4n) is 7.00. The zero-order valence-electron chi connectivity index (χ0n) is 31.7. The molecule has 0 aromatic rings. The summed E-state index contributed by atoms with van der Waals surface area (Å²) in [7, 11) is -3.92. The van der Waals surface area contributed by atoms with Crippen LogP contribution in [0.3, 0.4) is 0 Å². The van der Waals surface area contributed by atoms with Gasteiger partial charge in [-0.3, -0.25) is 4.79 Å². The highest BCUT2D eigenvalue weighted by molar-refractivity contribution is 6.74. The fourth-order valence-corrected chi connectivity index (χ4v) is 9.64. The molecule has 1 heterocycles. The summed E-state index contributed by atoms with van der Waals surface area (Å²) in [5.41, 5.74) is 1.57. The van der Waals surface area contributed by atoms with Gasteiger partial charge in [0.05, 0.1) is 31.3 Å². The minimum Gasteiger partial charge on any atom is -0.462 e. The molecule has 0 aromatic carbocycles. The van der Waals surface area contributed by atoms with Gasteiger partial charge in [0.25, 0.3) is 0 Å². The van der Waals surface area contributed by atoms with Crippen LogP contribution >= 0.6 is 0 Å². The lowest BCUT2D eigenvalue weighted by Gasteiger charge is -2.47. The zero-order valence-corrected chi connectivity index (χ0v) is 33.7. The summed E-state index contributed by atoms with van der Waals surface area (Å²) < 4.78 is 26.7. The molecule has 3 rings (SSSR count). The van der Waals surface area contributed by atoms with Crippen LogP contribution in [0.5, 0.6) is 0 Å². The summed E-state index contributed by atoms with van der Waals surface area (Å²) in [4.78, 5) is 12.8. The van der Waals surface area contributed by atoms with Crippen LogP contribution in [0, 0.1) is 23.2 Å². The second-order valence-corrected chi connectivity index (χ2v) is 27.6. The van der Waals surface area contributed by atoms with Crippen molar-refractivity contribution in [3.05, 3.63) is 23.8 Å². The van der Waals surface area contributed by atoms with E-state index >= 15 is 0 Å². The molecule has 45 heavy (non-hydrogen) atoms. The zero-order chi connectivity index (χ0) is 34.0. The van der Waals surface area contributed by atoms with Crippen LogP contribution < -0.4 is 0 Å². The quantitative estimate of drug-likeness (QED) is 0.145. The number of cyclic esters (lactones) is 1. The molecule has 1 aliphatic heterocycles. The van der Waals surface area contributed by atoms with Gasteiger partial charge < -0.3 is 18.3 Å². The van der Waals surface area contributed by atoms with Crippen molar-refractivity contribution in [1.82, 2.24) is 0 Å². The van der Waals surface area contributed by atoms with Gasteiger partial charge in [0, 0.05) is 18.8 Å². The van der Waals surface area contributed by atoms with Crippen molar-refractivity contribution in [3.63, 3.8) is 0 Å². The topological polar surface area (TPSA) is 54.0 Å². The molecule has 1 fully saturated rings. The van der Waals surface area contributed by atoms with Crippen LogP contribution in [-0.2, 0) is 23.1 Å². The third-order valence-electron chi connectivity index (χ3n) is 12.3. The average molecular weight is 663 g/mol. The maximum absolute atomic E-state index is 12.8. The minimum absolute atomic E-state index is 0.0411. The third-order valence-corrected chi connectivity index (χ3v) is 21.3. The highest BCUT2D eigenvalue weighted by Crippen LogP contribution is 2.47. The summed E-state index contributed by atoms with van der Waals surface area (Å²) in [5.74, 6) is 1.08. The summed E-state index contributed by atoms with van der Waals surface area (Å²) in [6.07, 6.45) is 14.7.